The summed E-state index contributed by atoms with van der Waals surface area (Å²) in [6.07, 6.45) is 2.34. The third kappa shape index (κ3) is 5.67. The van der Waals surface area contributed by atoms with E-state index in [0.29, 0.717) is 17.0 Å². The summed E-state index contributed by atoms with van der Waals surface area (Å²) in [5, 5.41) is 8.56. The Morgan fingerprint density at radius 2 is 1.56 bits per heavy atom. The van der Waals surface area contributed by atoms with Gasteiger partial charge in [-0.2, -0.15) is 0 Å². The molecule has 0 saturated heterocycles. The molecule has 0 aliphatic carbocycles. The Labute approximate surface area is 116 Å². The molecule has 0 spiro atoms. The molecule has 0 amide bonds. The van der Waals surface area contributed by atoms with Crippen molar-refractivity contribution < 1.29 is 0 Å². The second kappa shape index (κ2) is 7.57. The molecule has 0 aromatic carbocycles. The summed E-state index contributed by atoms with van der Waals surface area (Å²) in [6, 6.07) is 3.76. The minimum Gasteiger partial charge on any atom is -0.355 e. The zero-order valence-corrected chi connectivity index (χ0v) is 12.6. The largest absolute Gasteiger partial charge is 0.355 e. The lowest BCUT2D eigenvalue weighted by Crippen LogP contribution is -2.28. The first-order valence-electron chi connectivity index (χ1n) is 6.73. The van der Waals surface area contributed by atoms with Crippen molar-refractivity contribution in [3.8, 4) is 0 Å². The fourth-order valence-corrected chi connectivity index (χ4v) is 1.75. The van der Waals surface area contributed by atoms with Crippen LogP contribution in [0.4, 0.5) is 5.82 Å². The van der Waals surface area contributed by atoms with Crippen LogP contribution in [0.25, 0.3) is 0 Å². The molecule has 3 nitrogen and oxygen atoms in total. The van der Waals surface area contributed by atoms with E-state index in [1.165, 1.54) is 12.8 Å². The van der Waals surface area contributed by atoms with Crippen molar-refractivity contribution in [2.24, 2.45) is 11.8 Å². The highest BCUT2D eigenvalue weighted by Gasteiger charge is 2.10. The van der Waals surface area contributed by atoms with E-state index in [9.17, 15) is 0 Å². The Morgan fingerprint density at radius 1 is 1.00 bits per heavy atom. The smallest absolute Gasteiger partial charge is 0.151 e. The van der Waals surface area contributed by atoms with Gasteiger partial charge in [0.2, 0.25) is 0 Å². The van der Waals surface area contributed by atoms with E-state index < -0.39 is 0 Å². The molecule has 0 aliphatic heterocycles. The van der Waals surface area contributed by atoms with Gasteiger partial charge in [0.1, 0.15) is 0 Å². The Morgan fingerprint density at radius 3 is 1.94 bits per heavy atom. The van der Waals surface area contributed by atoms with Gasteiger partial charge in [-0.15, -0.1) is 10.2 Å². The molecule has 1 aromatic rings. The first kappa shape index (κ1) is 15.2. The molecule has 18 heavy (non-hydrogen) atoms. The van der Waals surface area contributed by atoms with Crippen molar-refractivity contribution in [2.45, 2.75) is 40.5 Å². The van der Waals surface area contributed by atoms with Gasteiger partial charge in [0, 0.05) is 13.1 Å². The quantitative estimate of drug-likeness (QED) is 0.748. The van der Waals surface area contributed by atoms with Crippen LogP contribution >= 0.6 is 11.6 Å². The first-order valence-corrected chi connectivity index (χ1v) is 7.11. The van der Waals surface area contributed by atoms with Crippen LogP contribution in [0.15, 0.2) is 12.1 Å². The van der Waals surface area contributed by atoms with Gasteiger partial charge in [-0.3, -0.25) is 0 Å². The highest BCUT2D eigenvalue weighted by Crippen LogP contribution is 2.15. The highest BCUT2D eigenvalue weighted by molar-refractivity contribution is 6.29. The monoisotopic (exact) mass is 269 g/mol. The van der Waals surface area contributed by atoms with E-state index in [2.05, 4.69) is 42.8 Å². The fraction of sp³-hybridized carbons (Fsp3) is 0.714. The van der Waals surface area contributed by atoms with Crippen molar-refractivity contribution in [2.75, 3.05) is 18.0 Å². The standard InChI is InChI=1S/C14H24ClN3/c1-11(2)7-9-18(10-8-12(3)4)14-6-5-13(15)16-17-14/h5-6,11-12H,7-10H2,1-4H3. The maximum atomic E-state index is 5.78. The van der Waals surface area contributed by atoms with Crippen LogP contribution in [-0.2, 0) is 0 Å². The molecule has 1 heterocycles. The Hall–Kier alpha value is -0.830. The van der Waals surface area contributed by atoms with Crippen LogP contribution in [0.5, 0.6) is 0 Å². The predicted octanol–water partition coefficient (Wildman–Crippen LogP) is 4.03. The van der Waals surface area contributed by atoms with Crippen LogP contribution in [0.2, 0.25) is 5.15 Å². The first-order chi connectivity index (χ1) is 8.49. The average Bonchev–Trinajstić information content (AvgIpc) is 2.30. The Balaban J connectivity index is 2.66. The molecule has 0 atom stereocenters. The van der Waals surface area contributed by atoms with Gasteiger partial charge in [-0.25, -0.2) is 0 Å². The van der Waals surface area contributed by atoms with Crippen LogP contribution in [0.1, 0.15) is 40.5 Å². The van der Waals surface area contributed by atoms with Crippen molar-refractivity contribution in [3.63, 3.8) is 0 Å². The number of hydrogen-bond donors (Lipinski definition) is 0. The Bertz CT molecular complexity index is 323. The summed E-state index contributed by atoms with van der Waals surface area (Å²) in [5.74, 6) is 2.33. The Kier molecular flexibility index (Phi) is 6.41. The van der Waals surface area contributed by atoms with E-state index >= 15 is 0 Å². The predicted molar refractivity (Wildman–Crippen MR) is 78.2 cm³/mol. The van der Waals surface area contributed by atoms with Gasteiger partial charge in [0.05, 0.1) is 0 Å². The molecule has 0 saturated carbocycles. The van der Waals surface area contributed by atoms with E-state index in [1.807, 2.05) is 12.1 Å². The number of rotatable bonds is 7. The van der Waals surface area contributed by atoms with Crippen LogP contribution in [-0.4, -0.2) is 23.3 Å². The van der Waals surface area contributed by atoms with Crippen LogP contribution in [0.3, 0.4) is 0 Å². The van der Waals surface area contributed by atoms with Crippen molar-refractivity contribution >= 4 is 17.4 Å². The highest BCUT2D eigenvalue weighted by atomic mass is 35.5. The van der Waals surface area contributed by atoms with Crippen LogP contribution < -0.4 is 4.90 Å². The van der Waals surface area contributed by atoms with Gasteiger partial charge in [-0.05, 0) is 36.8 Å². The summed E-state index contributed by atoms with van der Waals surface area (Å²) >= 11 is 5.78. The number of hydrogen-bond acceptors (Lipinski definition) is 3. The normalized spacial score (nSPS) is 11.3. The lowest BCUT2D eigenvalue weighted by atomic mass is 10.1. The van der Waals surface area contributed by atoms with E-state index in [4.69, 9.17) is 11.6 Å². The molecule has 0 radical (unpaired) electrons. The number of anilines is 1. The lowest BCUT2D eigenvalue weighted by Gasteiger charge is -2.25. The second-order valence-electron chi connectivity index (χ2n) is 5.57. The SMILES string of the molecule is CC(C)CCN(CCC(C)C)c1ccc(Cl)nn1. The molecule has 0 unspecified atom stereocenters. The molecule has 4 heteroatoms. The maximum Gasteiger partial charge on any atom is 0.151 e. The minimum atomic E-state index is 0.450. The number of aromatic nitrogens is 2. The zero-order chi connectivity index (χ0) is 13.5. The lowest BCUT2D eigenvalue weighted by molar-refractivity contribution is 0.532. The van der Waals surface area contributed by atoms with Crippen LogP contribution in [0, 0.1) is 11.8 Å². The second-order valence-corrected chi connectivity index (χ2v) is 5.95. The zero-order valence-electron chi connectivity index (χ0n) is 11.9. The average molecular weight is 270 g/mol. The summed E-state index contributed by atoms with van der Waals surface area (Å²) < 4.78 is 0. The summed E-state index contributed by atoms with van der Waals surface area (Å²) in [5.41, 5.74) is 0. The van der Waals surface area contributed by atoms with Gasteiger partial charge in [0.15, 0.2) is 11.0 Å². The topological polar surface area (TPSA) is 29.0 Å². The molecule has 1 rings (SSSR count). The summed E-state index contributed by atoms with van der Waals surface area (Å²) in [6.45, 7) is 11.0. The maximum absolute atomic E-state index is 5.78. The van der Waals surface area contributed by atoms with Gasteiger partial charge in [0.25, 0.3) is 0 Å². The third-order valence-corrected chi connectivity index (χ3v) is 3.10. The van der Waals surface area contributed by atoms with Crippen molar-refractivity contribution in [1.82, 2.24) is 10.2 Å². The molecule has 0 N–H and O–H groups in total. The summed E-state index contributed by atoms with van der Waals surface area (Å²) in [4.78, 5) is 2.31. The van der Waals surface area contributed by atoms with E-state index in [0.717, 1.165) is 18.9 Å². The number of halogens is 1. The molecule has 0 aliphatic rings. The molecule has 0 fully saturated rings. The minimum absolute atomic E-state index is 0.450. The molecular weight excluding hydrogens is 246 g/mol. The van der Waals surface area contributed by atoms with Gasteiger partial charge >= 0.3 is 0 Å². The molecule has 0 bridgehead atoms. The number of nitrogens with zero attached hydrogens (tertiary/aromatic N) is 3. The fourth-order valence-electron chi connectivity index (χ4n) is 1.65. The van der Waals surface area contributed by atoms with E-state index in [-0.39, 0.29) is 0 Å². The molecule has 1 aromatic heterocycles. The summed E-state index contributed by atoms with van der Waals surface area (Å²) in [7, 11) is 0. The van der Waals surface area contributed by atoms with Gasteiger partial charge in [-0.1, -0.05) is 39.3 Å². The van der Waals surface area contributed by atoms with Gasteiger partial charge < -0.3 is 4.90 Å². The molecular formula is C14H24ClN3. The van der Waals surface area contributed by atoms with E-state index in [1.54, 1.807) is 0 Å². The van der Waals surface area contributed by atoms with Crippen molar-refractivity contribution in [3.05, 3.63) is 17.3 Å². The third-order valence-electron chi connectivity index (χ3n) is 2.89. The van der Waals surface area contributed by atoms with Crippen molar-refractivity contribution in [1.29, 1.82) is 0 Å². The molecule has 102 valence electrons.